The first-order valence-electron chi connectivity index (χ1n) is 6.99. The molecule has 0 unspecified atom stereocenters. The fourth-order valence-electron chi connectivity index (χ4n) is 1.82. The molecule has 0 radical (unpaired) electrons. The molecule has 1 N–H and O–H groups in total. The summed E-state index contributed by atoms with van der Waals surface area (Å²) in [5.74, 6) is -0.401. The van der Waals surface area contributed by atoms with Gasteiger partial charge in [-0.2, -0.15) is 0 Å². The Kier molecular flexibility index (Phi) is 4.95. The number of hydrogen-bond donors (Lipinski definition) is 1. The number of likely N-dealkylation sites (N-methyl/N-ethyl adjacent to an activating group) is 1. The Hall–Kier alpha value is -1.62. The van der Waals surface area contributed by atoms with Gasteiger partial charge in [-0.25, -0.2) is 4.39 Å². The first kappa shape index (κ1) is 14.8. The quantitative estimate of drug-likeness (QED) is 0.830. The largest absolute Gasteiger partial charge is 0.480 e. The molecule has 110 valence electrons. The lowest BCUT2D eigenvalue weighted by atomic mass is 10.2. The molecule has 0 atom stereocenters. The third-order valence-corrected chi connectivity index (χ3v) is 3.45. The van der Waals surface area contributed by atoms with Crippen LogP contribution >= 0.6 is 0 Å². The van der Waals surface area contributed by atoms with Crippen molar-refractivity contribution in [2.75, 3.05) is 20.2 Å². The molecule has 1 amide bonds. The fourth-order valence-corrected chi connectivity index (χ4v) is 1.82. The third-order valence-electron chi connectivity index (χ3n) is 3.45. The zero-order valence-electron chi connectivity index (χ0n) is 12.0. The first-order chi connectivity index (χ1) is 9.61. The Morgan fingerprint density at radius 1 is 1.50 bits per heavy atom. The van der Waals surface area contributed by atoms with Crippen molar-refractivity contribution in [2.24, 2.45) is 0 Å². The van der Waals surface area contributed by atoms with E-state index in [1.54, 1.807) is 18.0 Å². The zero-order chi connectivity index (χ0) is 14.5. The molecular formula is C15H21FN2O2. The van der Waals surface area contributed by atoms with Gasteiger partial charge in [0, 0.05) is 31.7 Å². The van der Waals surface area contributed by atoms with Crippen molar-refractivity contribution in [2.45, 2.75) is 32.4 Å². The van der Waals surface area contributed by atoms with Gasteiger partial charge in [-0.1, -0.05) is 12.1 Å². The van der Waals surface area contributed by atoms with E-state index in [2.05, 4.69) is 5.32 Å². The lowest BCUT2D eigenvalue weighted by molar-refractivity contribution is -0.131. The maximum atomic E-state index is 13.8. The van der Waals surface area contributed by atoms with Gasteiger partial charge in [0.05, 0.1) is 0 Å². The Morgan fingerprint density at radius 3 is 2.90 bits per heavy atom. The molecule has 20 heavy (non-hydrogen) atoms. The number of amides is 1. The molecule has 0 heterocycles. The lowest BCUT2D eigenvalue weighted by Gasteiger charge is -2.17. The number of nitrogens with one attached hydrogen (secondary N) is 1. The Labute approximate surface area is 118 Å². The van der Waals surface area contributed by atoms with Crippen molar-refractivity contribution in [1.82, 2.24) is 10.2 Å². The molecule has 1 aliphatic rings. The van der Waals surface area contributed by atoms with Crippen LogP contribution in [0.3, 0.4) is 0 Å². The van der Waals surface area contributed by atoms with Crippen molar-refractivity contribution >= 4 is 5.91 Å². The summed E-state index contributed by atoms with van der Waals surface area (Å²) in [5, 5.41) is 3.32. The van der Waals surface area contributed by atoms with Crippen molar-refractivity contribution < 1.29 is 13.9 Å². The van der Waals surface area contributed by atoms with E-state index in [-0.39, 0.29) is 18.3 Å². The fraction of sp³-hybridized carbons (Fsp3) is 0.533. The van der Waals surface area contributed by atoms with Crippen LogP contribution in [-0.2, 0) is 11.3 Å². The van der Waals surface area contributed by atoms with Crippen LogP contribution in [0, 0.1) is 5.82 Å². The van der Waals surface area contributed by atoms with Crippen molar-refractivity contribution in [3.05, 3.63) is 29.6 Å². The molecule has 4 nitrogen and oxygen atoms in total. The normalized spacial score (nSPS) is 14.2. The Morgan fingerprint density at radius 2 is 2.25 bits per heavy atom. The highest BCUT2D eigenvalue weighted by molar-refractivity contribution is 5.77. The molecule has 1 saturated carbocycles. The predicted octanol–water partition coefficient (Wildman–Crippen LogP) is 1.93. The summed E-state index contributed by atoms with van der Waals surface area (Å²) in [6.07, 6.45) is 2.34. The van der Waals surface area contributed by atoms with Crippen LogP contribution in [0.5, 0.6) is 5.75 Å². The predicted molar refractivity (Wildman–Crippen MR) is 75.1 cm³/mol. The minimum Gasteiger partial charge on any atom is -0.480 e. The molecule has 0 spiro atoms. The maximum absolute atomic E-state index is 13.8. The summed E-state index contributed by atoms with van der Waals surface area (Å²) in [6, 6.07) is 5.37. The number of benzene rings is 1. The molecule has 0 aromatic heterocycles. The van der Waals surface area contributed by atoms with Gasteiger partial charge in [-0.3, -0.25) is 4.79 Å². The monoisotopic (exact) mass is 280 g/mol. The average molecular weight is 280 g/mol. The van der Waals surface area contributed by atoms with Gasteiger partial charge in [-0.15, -0.1) is 0 Å². The van der Waals surface area contributed by atoms with E-state index in [1.165, 1.54) is 18.9 Å². The van der Waals surface area contributed by atoms with E-state index in [9.17, 15) is 9.18 Å². The minimum absolute atomic E-state index is 0.137. The zero-order valence-corrected chi connectivity index (χ0v) is 12.0. The van der Waals surface area contributed by atoms with Gasteiger partial charge in [0.15, 0.2) is 18.2 Å². The second-order valence-corrected chi connectivity index (χ2v) is 5.08. The molecule has 0 bridgehead atoms. The van der Waals surface area contributed by atoms with Crippen LogP contribution in [0.2, 0.25) is 0 Å². The molecule has 5 heteroatoms. The summed E-state index contributed by atoms with van der Waals surface area (Å²) in [5.41, 5.74) is 0.754. The van der Waals surface area contributed by atoms with Crippen LogP contribution in [0.4, 0.5) is 4.39 Å². The highest BCUT2D eigenvalue weighted by Crippen LogP contribution is 2.25. The Bertz CT molecular complexity index is 475. The van der Waals surface area contributed by atoms with Gasteiger partial charge in [0.2, 0.25) is 0 Å². The van der Waals surface area contributed by atoms with Gasteiger partial charge in [-0.05, 0) is 25.8 Å². The highest BCUT2D eigenvalue weighted by Gasteiger charge is 2.21. The van der Waals surface area contributed by atoms with Crippen molar-refractivity contribution in [3.63, 3.8) is 0 Å². The molecule has 0 aliphatic heterocycles. The van der Waals surface area contributed by atoms with Gasteiger partial charge >= 0.3 is 0 Å². The molecule has 1 aromatic rings. The molecular weight excluding hydrogens is 259 g/mol. The smallest absolute Gasteiger partial charge is 0.260 e. The summed E-state index contributed by atoms with van der Waals surface area (Å²) >= 11 is 0. The van der Waals surface area contributed by atoms with Gasteiger partial charge in [0.25, 0.3) is 5.91 Å². The van der Waals surface area contributed by atoms with E-state index in [0.29, 0.717) is 19.1 Å². The van der Waals surface area contributed by atoms with Crippen LogP contribution in [0.1, 0.15) is 25.3 Å². The van der Waals surface area contributed by atoms with E-state index >= 15 is 0 Å². The number of ether oxygens (including phenoxy) is 1. The Balaban J connectivity index is 1.99. The van der Waals surface area contributed by atoms with Crippen molar-refractivity contribution in [3.8, 4) is 5.75 Å². The average Bonchev–Trinajstić information content (AvgIpc) is 3.27. The highest BCUT2D eigenvalue weighted by atomic mass is 19.1. The topological polar surface area (TPSA) is 41.6 Å². The van der Waals surface area contributed by atoms with E-state index in [0.717, 1.165) is 5.56 Å². The molecule has 2 rings (SSSR count). The molecule has 0 saturated heterocycles. The summed E-state index contributed by atoms with van der Waals surface area (Å²) in [4.78, 5) is 13.3. The number of para-hydroxylation sites is 1. The van der Waals surface area contributed by atoms with Crippen molar-refractivity contribution in [1.29, 1.82) is 0 Å². The summed E-state index contributed by atoms with van der Waals surface area (Å²) in [6.45, 7) is 2.92. The van der Waals surface area contributed by atoms with Gasteiger partial charge < -0.3 is 15.0 Å². The number of nitrogens with zero attached hydrogens (tertiary/aromatic N) is 1. The van der Waals surface area contributed by atoms with Crippen LogP contribution < -0.4 is 10.1 Å². The second-order valence-electron chi connectivity index (χ2n) is 5.08. The number of carbonyl (C=O) groups excluding carboxylic acids is 1. The number of carbonyl (C=O) groups is 1. The summed E-state index contributed by atoms with van der Waals surface area (Å²) in [7, 11) is 1.70. The summed E-state index contributed by atoms with van der Waals surface area (Å²) < 4.78 is 19.2. The molecule has 1 aromatic carbocycles. The number of rotatable bonds is 7. The number of hydrogen-bond acceptors (Lipinski definition) is 3. The van der Waals surface area contributed by atoms with Crippen LogP contribution in [0.25, 0.3) is 0 Å². The van der Waals surface area contributed by atoms with Gasteiger partial charge in [0.1, 0.15) is 0 Å². The number of halogens is 1. The van der Waals surface area contributed by atoms with Crippen LogP contribution in [0.15, 0.2) is 18.2 Å². The molecule has 1 aliphatic carbocycles. The van der Waals surface area contributed by atoms with E-state index in [4.69, 9.17) is 4.74 Å². The van der Waals surface area contributed by atoms with E-state index < -0.39 is 5.82 Å². The SMILES string of the molecule is CCN(C)C(=O)COc1c(F)cccc1CNC1CC1. The standard InChI is InChI=1S/C15H21FN2O2/c1-3-18(2)14(19)10-20-15-11(5-4-6-13(15)16)9-17-12-7-8-12/h4-6,12,17H,3,7-10H2,1-2H3. The lowest BCUT2D eigenvalue weighted by Crippen LogP contribution is -2.31. The van der Waals surface area contributed by atoms with E-state index in [1.807, 2.05) is 13.0 Å². The minimum atomic E-state index is -0.424. The maximum Gasteiger partial charge on any atom is 0.260 e. The first-order valence-corrected chi connectivity index (χ1v) is 6.99. The molecule has 1 fully saturated rings. The third kappa shape index (κ3) is 3.93. The second kappa shape index (κ2) is 6.70. The van der Waals surface area contributed by atoms with Crippen LogP contribution in [-0.4, -0.2) is 37.0 Å².